The van der Waals surface area contributed by atoms with Crippen molar-refractivity contribution in [1.29, 1.82) is 0 Å². The standard InChI is InChI=1S/C20H25N5O4S2/c1-31(26,27)23-17-6-4-16(5-7-17)19-21-22-20(25(19)15-18-3-2-11-29-18)30-14-10-24-8-12-28-13-9-24/h2-7,11,23H,8-10,12-15H2,1H3. The molecule has 1 fully saturated rings. The van der Waals surface area contributed by atoms with Gasteiger partial charge in [0, 0.05) is 36.6 Å². The molecule has 0 atom stereocenters. The molecule has 4 rings (SSSR count). The number of aromatic nitrogens is 3. The summed E-state index contributed by atoms with van der Waals surface area (Å²) < 4.78 is 38.3. The number of furan rings is 1. The summed E-state index contributed by atoms with van der Waals surface area (Å²) in [5, 5.41) is 9.65. The number of thioether (sulfide) groups is 1. The molecule has 3 aromatic rings. The summed E-state index contributed by atoms with van der Waals surface area (Å²) >= 11 is 1.66. The van der Waals surface area contributed by atoms with Crippen molar-refractivity contribution in [2.75, 3.05) is 49.6 Å². The fraction of sp³-hybridized carbons (Fsp3) is 0.400. The molecule has 0 bridgehead atoms. The number of hydrogen-bond donors (Lipinski definition) is 1. The molecule has 2 aromatic heterocycles. The van der Waals surface area contributed by atoms with E-state index in [1.807, 2.05) is 28.8 Å². The highest BCUT2D eigenvalue weighted by molar-refractivity contribution is 7.99. The predicted octanol–water partition coefficient (Wildman–Crippen LogP) is 2.38. The molecule has 1 aromatic carbocycles. The normalized spacial score (nSPS) is 15.3. The van der Waals surface area contributed by atoms with Crippen LogP contribution in [0.1, 0.15) is 5.76 Å². The maximum absolute atomic E-state index is 11.4. The lowest BCUT2D eigenvalue weighted by Gasteiger charge is -2.26. The van der Waals surface area contributed by atoms with E-state index in [9.17, 15) is 8.42 Å². The Hall–Kier alpha value is -2.34. The summed E-state index contributed by atoms with van der Waals surface area (Å²) in [5.41, 5.74) is 1.35. The highest BCUT2D eigenvalue weighted by Gasteiger charge is 2.17. The smallest absolute Gasteiger partial charge is 0.229 e. The van der Waals surface area contributed by atoms with Crippen molar-refractivity contribution in [2.24, 2.45) is 0 Å². The summed E-state index contributed by atoms with van der Waals surface area (Å²) in [4.78, 5) is 2.39. The van der Waals surface area contributed by atoms with Gasteiger partial charge in [-0.15, -0.1) is 10.2 Å². The van der Waals surface area contributed by atoms with Crippen molar-refractivity contribution in [3.8, 4) is 11.4 Å². The van der Waals surface area contributed by atoms with E-state index >= 15 is 0 Å². The molecule has 9 nitrogen and oxygen atoms in total. The Morgan fingerprint density at radius 2 is 1.90 bits per heavy atom. The molecule has 0 saturated carbocycles. The van der Waals surface area contributed by atoms with Gasteiger partial charge >= 0.3 is 0 Å². The molecule has 11 heteroatoms. The number of hydrogen-bond acceptors (Lipinski definition) is 8. The van der Waals surface area contributed by atoms with E-state index < -0.39 is 10.0 Å². The number of benzene rings is 1. The van der Waals surface area contributed by atoms with E-state index in [0.717, 1.165) is 61.3 Å². The topological polar surface area (TPSA) is 102 Å². The van der Waals surface area contributed by atoms with Crippen LogP contribution in [0.25, 0.3) is 11.4 Å². The number of nitrogens with one attached hydrogen (secondary N) is 1. The van der Waals surface area contributed by atoms with Crippen LogP contribution in [0.15, 0.2) is 52.2 Å². The first kappa shape index (κ1) is 21.9. The fourth-order valence-electron chi connectivity index (χ4n) is 3.30. The van der Waals surface area contributed by atoms with Crippen LogP contribution in [0.3, 0.4) is 0 Å². The van der Waals surface area contributed by atoms with Crippen LogP contribution < -0.4 is 4.72 Å². The average Bonchev–Trinajstić information content (AvgIpc) is 3.39. The lowest BCUT2D eigenvalue weighted by atomic mass is 10.2. The fourth-order valence-corrected chi connectivity index (χ4v) is 4.80. The van der Waals surface area contributed by atoms with Crippen LogP contribution in [-0.2, 0) is 21.3 Å². The van der Waals surface area contributed by atoms with Crippen molar-refractivity contribution >= 4 is 27.5 Å². The van der Waals surface area contributed by atoms with E-state index in [1.165, 1.54) is 0 Å². The largest absolute Gasteiger partial charge is 0.467 e. The first-order chi connectivity index (χ1) is 15.0. The van der Waals surface area contributed by atoms with Gasteiger partial charge in [0.15, 0.2) is 11.0 Å². The van der Waals surface area contributed by atoms with Crippen molar-refractivity contribution in [3.63, 3.8) is 0 Å². The summed E-state index contributed by atoms with van der Waals surface area (Å²) in [5.74, 6) is 2.41. The minimum atomic E-state index is -3.32. The zero-order valence-corrected chi connectivity index (χ0v) is 18.9. The van der Waals surface area contributed by atoms with Crippen LogP contribution in [0, 0.1) is 0 Å². The maximum Gasteiger partial charge on any atom is 0.229 e. The van der Waals surface area contributed by atoms with Crippen LogP contribution >= 0.6 is 11.8 Å². The second-order valence-corrected chi connectivity index (χ2v) is 10.0. The molecule has 1 aliphatic heterocycles. The Kier molecular flexibility index (Phi) is 6.96. The van der Waals surface area contributed by atoms with Crippen LogP contribution in [-0.4, -0.2) is 72.9 Å². The zero-order chi connectivity index (χ0) is 21.7. The van der Waals surface area contributed by atoms with Gasteiger partial charge in [-0.2, -0.15) is 0 Å². The van der Waals surface area contributed by atoms with Crippen molar-refractivity contribution in [1.82, 2.24) is 19.7 Å². The molecule has 1 aliphatic rings. The molecule has 1 N–H and O–H groups in total. The van der Waals surface area contributed by atoms with Crippen molar-refractivity contribution in [3.05, 3.63) is 48.4 Å². The molecule has 0 spiro atoms. The maximum atomic E-state index is 11.4. The molecular formula is C20H25N5O4S2. The van der Waals surface area contributed by atoms with Gasteiger partial charge in [-0.1, -0.05) is 11.8 Å². The van der Waals surface area contributed by atoms with Crippen LogP contribution in [0.4, 0.5) is 5.69 Å². The molecular weight excluding hydrogens is 438 g/mol. The molecule has 3 heterocycles. The van der Waals surface area contributed by atoms with Crippen molar-refractivity contribution in [2.45, 2.75) is 11.7 Å². The van der Waals surface area contributed by atoms with E-state index in [4.69, 9.17) is 9.15 Å². The minimum absolute atomic E-state index is 0.503. The highest BCUT2D eigenvalue weighted by atomic mass is 32.2. The molecule has 31 heavy (non-hydrogen) atoms. The van der Waals surface area contributed by atoms with Gasteiger partial charge in [-0.3, -0.25) is 14.2 Å². The number of sulfonamides is 1. The van der Waals surface area contributed by atoms with Gasteiger partial charge < -0.3 is 9.15 Å². The van der Waals surface area contributed by atoms with Gasteiger partial charge in [0.05, 0.1) is 32.3 Å². The Labute approximate surface area is 185 Å². The SMILES string of the molecule is CS(=O)(=O)Nc1ccc(-c2nnc(SCCN3CCOCC3)n2Cc2ccco2)cc1. The van der Waals surface area contributed by atoms with E-state index in [0.29, 0.717) is 18.1 Å². The van der Waals surface area contributed by atoms with Gasteiger partial charge in [0.1, 0.15) is 5.76 Å². The third kappa shape index (κ3) is 6.10. The molecule has 1 saturated heterocycles. The van der Waals surface area contributed by atoms with Crippen LogP contribution in [0.2, 0.25) is 0 Å². The summed E-state index contributed by atoms with van der Waals surface area (Å²) in [6, 6.07) is 10.9. The van der Waals surface area contributed by atoms with E-state index in [1.54, 1.807) is 30.2 Å². The molecule has 0 amide bonds. The lowest BCUT2D eigenvalue weighted by molar-refractivity contribution is 0.0410. The number of ether oxygens (including phenoxy) is 1. The Bertz CT molecular complexity index is 1080. The first-order valence-corrected chi connectivity index (χ1v) is 12.8. The summed E-state index contributed by atoms with van der Waals surface area (Å²) in [7, 11) is -3.32. The van der Waals surface area contributed by atoms with E-state index in [2.05, 4.69) is 19.8 Å². The van der Waals surface area contributed by atoms with Gasteiger partial charge in [0.2, 0.25) is 10.0 Å². The van der Waals surface area contributed by atoms with Gasteiger partial charge in [-0.25, -0.2) is 8.42 Å². The lowest BCUT2D eigenvalue weighted by Crippen LogP contribution is -2.37. The second-order valence-electron chi connectivity index (χ2n) is 7.23. The third-order valence-corrected chi connectivity index (χ3v) is 6.35. The summed E-state index contributed by atoms with van der Waals surface area (Å²) in [6.07, 6.45) is 2.78. The van der Waals surface area contributed by atoms with Crippen molar-refractivity contribution < 1.29 is 17.6 Å². The zero-order valence-electron chi connectivity index (χ0n) is 17.2. The minimum Gasteiger partial charge on any atom is -0.467 e. The number of rotatable bonds is 9. The van der Waals surface area contributed by atoms with Gasteiger partial charge in [-0.05, 0) is 36.4 Å². The predicted molar refractivity (Wildman–Crippen MR) is 120 cm³/mol. The Balaban J connectivity index is 1.52. The monoisotopic (exact) mass is 463 g/mol. The number of morpholine rings is 1. The molecule has 0 unspecified atom stereocenters. The summed E-state index contributed by atoms with van der Waals surface area (Å²) in [6.45, 7) is 4.96. The third-order valence-electron chi connectivity index (χ3n) is 4.80. The second kappa shape index (κ2) is 9.86. The van der Waals surface area contributed by atoms with E-state index in [-0.39, 0.29) is 0 Å². The Morgan fingerprint density at radius 1 is 1.13 bits per heavy atom. The molecule has 0 aliphatic carbocycles. The number of anilines is 1. The van der Waals surface area contributed by atoms with Crippen LogP contribution in [0.5, 0.6) is 0 Å². The molecule has 0 radical (unpaired) electrons. The molecule has 166 valence electrons. The first-order valence-electron chi connectivity index (χ1n) is 9.95. The quantitative estimate of drug-likeness (QED) is 0.483. The average molecular weight is 464 g/mol. The number of nitrogens with zero attached hydrogens (tertiary/aromatic N) is 4. The Morgan fingerprint density at radius 3 is 2.58 bits per heavy atom. The highest BCUT2D eigenvalue weighted by Crippen LogP contribution is 2.26. The van der Waals surface area contributed by atoms with Gasteiger partial charge in [0.25, 0.3) is 0 Å².